The average Bonchev–Trinajstić information content (AvgIpc) is 3.39. The van der Waals surface area contributed by atoms with Crippen LogP contribution in [0.2, 0.25) is 0 Å². The minimum absolute atomic E-state index is 0.0935. The summed E-state index contributed by atoms with van der Waals surface area (Å²) in [6, 6.07) is 0. The number of allylic oxidation sites excluding steroid dienone is 20. The molecule has 0 rings (SSSR count). The molecule has 0 fully saturated rings. The van der Waals surface area contributed by atoms with E-state index in [4.69, 9.17) is 14.2 Å². The monoisotopic (exact) mass is 1010 g/mol. The van der Waals surface area contributed by atoms with Gasteiger partial charge in [-0.3, -0.25) is 14.4 Å². The first-order chi connectivity index (χ1) is 36.0. The predicted octanol–water partition coefficient (Wildman–Crippen LogP) is 20.4. The number of rotatable bonds is 53. The lowest BCUT2D eigenvalue weighted by molar-refractivity contribution is -0.167. The molecule has 0 saturated heterocycles. The summed E-state index contributed by atoms with van der Waals surface area (Å²) in [4.78, 5) is 38.1. The maximum Gasteiger partial charge on any atom is 0.306 e. The van der Waals surface area contributed by atoms with Gasteiger partial charge in [-0.05, 0) is 128 Å². The molecule has 0 saturated carbocycles. The molecule has 0 aliphatic heterocycles. The van der Waals surface area contributed by atoms with Crippen LogP contribution < -0.4 is 0 Å². The molecule has 0 spiro atoms. The first kappa shape index (κ1) is 68.8. The van der Waals surface area contributed by atoms with E-state index in [0.717, 1.165) is 148 Å². The van der Waals surface area contributed by atoms with E-state index in [-0.39, 0.29) is 31.1 Å². The van der Waals surface area contributed by atoms with Gasteiger partial charge in [0.25, 0.3) is 0 Å². The van der Waals surface area contributed by atoms with Gasteiger partial charge in [0.15, 0.2) is 6.10 Å². The average molecular weight is 1010 g/mol. The third-order valence-corrected chi connectivity index (χ3v) is 12.4. The third kappa shape index (κ3) is 58.6. The number of carbonyl (C=O) groups is 3. The van der Waals surface area contributed by atoms with E-state index in [9.17, 15) is 14.4 Å². The summed E-state index contributed by atoms with van der Waals surface area (Å²) in [5.74, 6) is -0.929. The van der Waals surface area contributed by atoms with Crippen molar-refractivity contribution >= 4 is 17.9 Å². The van der Waals surface area contributed by atoms with Crippen molar-refractivity contribution in [2.75, 3.05) is 13.2 Å². The fraction of sp³-hybridized carbons (Fsp3) is 0.657. The van der Waals surface area contributed by atoms with E-state index in [1.165, 1.54) is 77.0 Å². The minimum atomic E-state index is -0.796. The molecule has 0 bridgehead atoms. The van der Waals surface area contributed by atoms with Crippen LogP contribution in [-0.2, 0) is 28.6 Å². The van der Waals surface area contributed by atoms with Gasteiger partial charge >= 0.3 is 17.9 Å². The van der Waals surface area contributed by atoms with Gasteiger partial charge in [-0.25, -0.2) is 0 Å². The molecule has 0 aliphatic carbocycles. The van der Waals surface area contributed by atoms with Crippen LogP contribution in [0.1, 0.15) is 265 Å². The van der Waals surface area contributed by atoms with Gasteiger partial charge in [-0.2, -0.15) is 0 Å². The van der Waals surface area contributed by atoms with Crippen molar-refractivity contribution in [3.8, 4) is 0 Å². The number of esters is 3. The summed E-state index contributed by atoms with van der Waals surface area (Å²) < 4.78 is 16.8. The van der Waals surface area contributed by atoms with Crippen LogP contribution in [0.4, 0.5) is 0 Å². The molecule has 0 N–H and O–H groups in total. The Bertz CT molecular complexity index is 1540. The SMILES string of the molecule is CC/C=C\C/C=C\C/C=C\C/C=C\C/C=C\C/C=C\C/C=C\CCCCCCCCCC(=O)OCC(COC(=O)CCCCCCC/C=C\CCCCC)OC(=O)CCCCCCC/C=C\C/C=C\CCCC. The maximum atomic E-state index is 12.8. The zero-order chi connectivity index (χ0) is 52.9. The molecule has 6 heteroatoms. The van der Waals surface area contributed by atoms with Crippen molar-refractivity contribution in [2.45, 2.75) is 271 Å². The summed E-state index contributed by atoms with van der Waals surface area (Å²) in [5, 5.41) is 0. The van der Waals surface area contributed by atoms with Crippen LogP contribution in [0.5, 0.6) is 0 Å². The molecule has 0 aromatic heterocycles. The van der Waals surface area contributed by atoms with Crippen LogP contribution >= 0.6 is 0 Å². The Labute approximate surface area is 450 Å². The van der Waals surface area contributed by atoms with Gasteiger partial charge in [-0.15, -0.1) is 0 Å². The van der Waals surface area contributed by atoms with E-state index in [1.807, 2.05) is 0 Å². The highest BCUT2D eigenvalue weighted by atomic mass is 16.6. The van der Waals surface area contributed by atoms with Crippen molar-refractivity contribution in [3.63, 3.8) is 0 Å². The van der Waals surface area contributed by atoms with Gasteiger partial charge in [0.1, 0.15) is 13.2 Å². The number of unbranched alkanes of at least 4 members (excludes halogenated alkanes) is 22. The molecule has 0 radical (unpaired) electrons. The first-order valence-electron chi connectivity index (χ1n) is 30.0. The van der Waals surface area contributed by atoms with Gasteiger partial charge < -0.3 is 14.2 Å². The second kappa shape index (κ2) is 60.4. The van der Waals surface area contributed by atoms with Crippen molar-refractivity contribution in [2.24, 2.45) is 0 Å². The fourth-order valence-corrected chi connectivity index (χ4v) is 7.90. The molecule has 0 aliphatic rings. The number of carbonyl (C=O) groups excluding carboxylic acids is 3. The standard InChI is InChI=1S/C67H110O6/c1-4-7-10-13-16-19-22-25-27-28-29-30-31-32-33-34-35-36-37-38-39-40-41-43-45-48-51-54-57-60-66(69)72-63-64(62-71-65(68)59-56-53-50-47-44-24-21-18-15-12-9-6-3)73-67(70)61-58-55-52-49-46-42-26-23-20-17-14-11-8-5-2/h7,10,14,16-19,21,23,25-27,29-30,32-33,35-36,38-39,64H,4-6,8-9,11-13,15,20,22,24,28,31,34,37,40-63H2,1-3H3/b10-7-,17-14-,19-16-,21-18-,26-23-,27-25-,30-29-,33-32-,36-35-,39-38-. The predicted molar refractivity (Wildman–Crippen MR) is 316 cm³/mol. The van der Waals surface area contributed by atoms with Crippen molar-refractivity contribution in [1.82, 2.24) is 0 Å². The maximum absolute atomic E-state index is 12.8. The highest BCUT2D eigenvalue weighted by Crippen LogP contribution is 2.14. The second-order valence-corrected chi connectivity index (χ2v) is 19.5. The van der Waals surface area contributed by atoms with Crippen LogP contribution in [0.15, 0.2) is 122 Å². The van der Waals surface area contributed by atoms with E-state index >= 15 is 0 Å². The third-order valence-electron chi connectivity index (χ3n) is 12.4. The molecule has 6 nitrogen and oxygen atoms in total. The number of hydrogen-bond acceptors (Lipinski definition) is 6. The molecule has 0 heterocycles. The van der Waals surface area contributed by atoms with E-state index in [0.29, 0.717) is 19.3 Å². The van der Waals surface area contributed by atoms with Crippen LogP contribution in [-0.4, -0.2) is 37.2 Å². The lowest BCUT2D eigenvalue weighted by atomic mass is 10.1. The quantitative estimate of drug-likeness (QED) is 0.0261. The molecule has 0 aromatic carbocycles. The normalized spacial score (nSPS) is 13.0. The lowest BCUT2D eigenvalue weighted by Crippen LogP contribution is -2.30. The number of ether oxygens (including phenoxy) is 3. The van der Waals surface area contributed by atoms with Gasteiger partial charge in [0, 0.05) is 19.3 Å². The minimum Gasteiger partial charge on any atom is -0.462 e. The molecule has 0 aromatic rings. The zero-order valence-corrected chi connectivity index (χ0v) is 47.4. The Morgan fingerprint density at radius 2 is 0.548 bits per heavy atom. The van der Waals surface area contributed by atoms with Crippen molar-refractivity contribution in [1.29, 1.82) is 0 Å². The first-order valence-corrected chi connectivity index (χ1v) is 30.0. The Morgan fingerprint density at radius 3 is 0.890 bits per heavy atom. The Morgan fingerprint density at radius 1 is 0.288 bits per heavy atom. The summed E-state index contributed by atoms with van der Waals surface area (Å²) in [7, 11) is 0. The highest BCUT2D eigenvalue weighted by Gasteiger charge is 2.19. The van der Waals surface area contributed by atoms with Crippen LogP contribution in [0.25, 0.3) is 0 Å². The molecular weight excluding hydrogens is 901 g/mol. The number of hydrogen-bond donors (Lipinski definition) is 0. The Kier molecular flexibility index (Phi) is 56.9. The summed E-state index contributed by atoms with van der Waals surface area (Å²) in [5.41, 5.74) is 0. The highest BCUT2D eigenvalue weighted by molar-refractivity contribution is 5.71. The summed E-state index contributed by atoms with van der Waals surface area (Å²) >= 11 is 0. The van der Waals surface area contributed by atoms with Crippen LogP contribution in [0.3, 0.4) is 0 Å². The van der Waals surface area contributed by atoms with Gasteiger partial charge in [-0.1, -0.05) is 239 Å². The summed E-state index contributed by atoms with van der Waals surface area (Å²) in [6.45, 7) is 6.43. The van der Waals surface area contributed by atoms with Crippen molar-refractivity contribution in [3.05, 3.63) is 122 Å². The molecule has 73 heavy (non-hydrogen) atoms. The van der Waals surface area contributed by atoms with Crippen LogP contribution in [0, 0.1) is 0 Å². The molecule has 414 valence electrons. The van der Waals surface area contributed by atoms with Gasteiger partial charge in [0.05, 0.1) is 0 Å². The second-order valence-electron chi connectivity index (χ2n) is 19.5. The smallest absolute Gasteiger partial charge is 0.306 e. The molecular formula is C67H110O6. The zero-order valence-electron chi connectivity index (χ0n) is 47.4. The molecule has 0 amide bonds. The van der Waals surface area contributed by atoms with E-state index in [2.05, 4.69) is 142 Å². The Hall–Kier alpha value is -4.19. The lowest BCUT2D eigenvalue weighted by Gasteiger charge is -2.18. The Balaban J connectivity index is 4.32. The molecule has 1 atom stereocenters. The summed E-state index contributed by atoms with van der Waals surface area (Å²) in [6.07, 6.45) is 83.4. The van der Waals surface area contributed by atoms with E-state index in [1.54, 1.807) is 0 Å². The van der Waals surface area contributed by atoms with E-state index < -0.39 is 6.10 Å². The largest absolute Gasteiger partial charge is 0.462 e. The van der Waals surface area contributed by atoms with Gasteiger partial charge in [0.2, 0.25) is 0 Å². The van der Waals surface area contributed by atoms with Crippen molar-refractivity contribution < 1.29 is 28.6 Å². The topological polar surface area (TPSA) is 78.9 Å². The fourth-order valence-electron chi connectivity index (χ4n) is 7.90. The molecule has 1 unspecified atom stereocenters.